The molecule has 3 nitrogen and oxygen atoms in total. The fourth-order valence-corrected chi connectivity index (χ4v) is 2.09. The van der Waals surface area contributed by atoms with Gasteiger partial charge in [0.1, 0.15) is 5.82 Å². The van der Waals surface area contributed by atoms with Crippen LogP contribution in [0.2, 0.25) is 0 Å². The molecular formula is C15H21FN2O. The van der Waals surface area contributed by atoms with Gasteiger partial charge in [0.15, 0.2) is 0 Å². The van der Waals surface area contributed by atoms with Crippen LogP contribution in [-0.2, 0) is 11.2 Å². The van der Waals surface area contributed by atoms with Crippen LogP contribution in [-0.4, -0.2) is 24.0 Å². The Morgan fingerprint density at radius 2 is 1.95 bits per heavy atom. The third-order valence-corrected chi connectivity index (χ3v) is 3.31. The molecule has 1 fully saturated rings. The molecule has 0 aromatic heterocycles. The van der Waals surface area contributed by atoms with Crippen molar-refractivity contribution in [1.82, 2.24) is 10.6 Å². The first kappa shape index (κ1) is 14.0. The van der Waals surface area contributed by atoms with Gasteiger partial charge >= 0.3 is 0 Å². The van der Waals surface area contributed by atoms with E-state index in [9.17, 15) is 9.18 Å². The Balaban J connectivity index is 1.77. The van der Waals surface area contributed by atoms with Crippen molar-refractivity contribution in [3.8, 4) is 0 Å². The summed E-state index contributed by atoms with van der Waals surface area (Å²) in [7, 11) is 0. The molecule has 19 heavy (non-hydrogen) atoms. The van der Waals surface area contributed by atoms with E-state index in [2.05, 4.69) is 10.6 Å². The number of nitrogens with one attached hydrogen (secondary N) is 2. The highest BCUT2D eigenvalue weighted by Crippen LogP contribution is 2.18. The number of amides is 1. The van der Waals surface area contributed by atoms with Gasteiger partial charge in [0.05, 0.1) is 6.04 Å². The van der Waals surface area contributed by atoms with E-state index in [4.69, 9.17) is 0 Å². The Kier molecular flexibility index (Phi) is 4.53. The minimum absolute atomic E-state index is 0.0634. The quantitative estimate of drug-likeness (QED) is 0.825. The van der Waals surface area contributed by atoms with Gasteiger partial charge in [-0.25, -0.2) is 4.39 Å². The van der Waals surface area contributed by atoms with Crippen molar-refractivity contribution in [2.75, 3.05) is 0 Å². The lowest BCUT2D eigenvalue weighted by Gasteiger charge is -2.19. The summed E-state index contributed by atoms with van der Waals surface area (Å²) in [6.45, 7) is 3.91. The van der Waals surface area contributed by atoms with Crippen molar-refractivity contribution in [3.63, 3.8) is 0 Å². The van der Waals surface area contributed by atoms with Gasteiger partial charge in [-0.1, -0.05) is 12.1 Å². The van der Waals surface area contributed by atoms with E-state index >= 15 is 0 Å². The van der Waals surface area contributed by atoms with Gasteiger partial charge in [-0.05, 0) is 50.8 Å². The molecule has 1 aliphatic rings. The van der Waals surface area contributed by atoms with E-state index in [-0.39, 0.29) is 23.8 Å². The van der Waals surface area contributed by atoms with E-state index in [0.717, 1.165) is 24.8 Å². The van der Waals surface area contributed by atoms with Crippen molar-refractivity contribution in [1.29, 1.82) is 0 Å². The summed E-state index contributed by atoms with van der Waals surface area (Å²) in [6, 6.07) is 6.85. The van der Waals surface area contributed by atoms with Crippen LogP contribution in [0.5, 0.6) is 0 Å². The first-order valence-corrected chi connectivity index (χ1v) is 6.85. The minimum atomic E-state index is -0.221. The van der Waals surface area contributed by atoms with Crippen molar-refractivity contribution >= 4 is 5.91 Å². The number of rotatable bonds is 6. The van der Waals surface area contributed by atoms with Crippen LogP contribution >= 0.6 is 0 Å². The second kappa shape index (κ2) is 6.15. The van der Waals surface area contributed by atoms with E-state index in [1.807, 2.05) is 13.8 Å². The molecule has 2 atom stereocenters. The lowest BCUT2D eigenvalue weighted by molar-refractivity contribution is -0.123. The summed E-state index contributed by atoms with van der Waals surface area (Å²) in [6.07, 6.45) is 2.98. The molecule has 2 rings (SSSR count). The number of benzene rings is 1. The molecule has 1 aliphatic carbocycles. The lowest BCUT2D eigenvalue weighted by Crippen LogP contribution is -2.46. The molecule has 104 valence electrons. The Morgan fingerprint density at radius 1 is 1.32 bits per heavy atom. The Morgan fingerprint density at radius 3 is 2.53 bits per heavy atom. The van der Waals surface area contributed by atoms with E-state index in [0.29, 0.717) is 6.04 Å². The summed E-state index contributed by atoms with van der Waals surface area (Å²) in [5.41, 5.74) is 1.07. The minimum Gasteiger partial charge on any atom is -0.352 e. The van der Waals surface area contributed by atoms with Gasteiger partial charge in [-0.3, -0.25) is 4.79 Å². The van der Waals surface area contributed by atoms with Crippen LogP contribution in [0.25, 0.3) is 0 Å². The number of carbonyl (C=O) groups is 1. The van der Waals surface area contributed by atoms with Gasteiger partial charge in [-0.15, -0.1) is 0 Å². The number of hydrogen-bond donors (Lipinski definition) is 2. The fourth-order valence-electron chi connectivity index (χ4n) is 2.09. The van der Waals surface area contributed by atoms with Crippen LogP contribution in [0.4, 0.5) is 4.39 Å². The maximum absolute atomic E-state index is 12.8. The third-order valence-electron chi connectivity index (χ3n) is 3.31. The fraction of sp³-hybridized carbons (Fsp3) is 0.533. The predicted molar refractivity (Wildman–Crippen MR) is 73.3 cm³/mol. The number of hydrogen-bond acceptors (Lipinski definition) is 2. The van der Waals surface area contributed by atoms with E-state index in [1.54, 1.807) is 12.1 Å². The second-order valence-electron chi connectivity index (χ2n) is 5.40. The molecule has 0 aliphatic heterocycles. The molecule has 2 unspecified atom stereocenters. The Bertz CT molecular complexity index is 428. The molecule has 0 radical (unpaired) electrons. The summed E-state index contributed by atoms with van der Waals surface area (Å²) >= 11 is 0. The zero-order chi connectivity index (χ0) is 13.8. The molecule has 0 spiro atoms. The highest BCUT2D eigenvalue weighted by Gasteiger charge is 2.25. The molecule has 0 bridgehead atoms. The van der Waals surface area contributed by atoms with Crippen molar-refractivity contribution in [3.05, 3.63) is 35.6 Å². The summed E-state index contributed by atoms with van der Waals surface area (Å²) < 4.78 is 12.8. The van der Waals surface area contributed by atoms with Crippen LogP contribution in [0.1, 0.15) is 32.3 Å². The first-order chi connectivity index (χ1) is 9.04. The Labute approximate surface area is 113 Å². The van der Waals surface area contributed by atoms with Gasteiger partial charge < -0.3 is 10.6 Å². The molecule has 0 saturated heterocycles. The Hall–Kier alpha value is -1.42. The summed E-state index contributed by atoms with van der Waals surface area (Å²) in [5.74, 6) is -0.157. The van der Waals surface area contributed by atoms with Crippen molar-refractivity contribution in [2.24, 2.45) is 0 Å². The normalized spacial score (nSPS) is 17.8. The average Bonchev–Trinajstić information content (AvgIpc) is 3.16. The average molecular weight is 264 g/mol. The SMILES string of the molecule is CC(Cc1ccc(F)cc1)NC(C)C(=O)NC1CC1. The number of carbonyl (C=O) groups excluding carboxylic acids is 1. The largest absolute Gasteiger partial charge is 0.352 e. The maximum Gasteiger partial charge on any atom is 0.237 e. The smallest absolute Gasteiger partial charge is 0.237 e. The number of halogens is 1. The lowest BCUT2D eigenvalue weighted by atomic mass is 10.1. The highest BCUT2D eigenvalue weighted by molar-refractivity contribution is 5.81. The zero-order valence-corrected chi connectivity index (χ0v) is 11.4. The van der Waals surface area contributed by atoms with Crippen LogP contribution < -0.4 is 10.6 Å². The molecule has 1 amide bonds. The standard InChI is InChI=1S/C15H21FN2O/c1-10(9-12-3-5-13(16)6-4-12)17-11(2)15(19)18-14-7-8-14/h3-6,10-11,14,17H,7-9H2,1-2H3,(H,18,19). The third kappa shape index (κ3) is 4.63. The van der Waals surface area contributed by atoms with Gasteiger partial charge in [0.25, 0.3) is 0 Å². The molecule has 1 aromatic rings. The molecule has 4 heteroatoms. The molecule has 1 aromatic carbocycles. The molecule has 0 heterocycles. The molecular weight excluding hydrogens is 243 g/mol. The van der Waals surface area contributed by atoms with E-state index < -0.39 is 0 Å². The van der Waals surface area contributed by atoms with E-state index in [1.165, 1.54) is 12.1 Å². The molecule has 1 saturated carbocycles. The maximum atomic E-state index is 12.8. The topological polar surface area (TPSA) is 41.1 Å². The van der Waals surface area contributed by atoms with Crippen molar-refractivity contribution < 1.29 is 9.18 Å². The van der Waals surface area contributed by atoms with Gasteiger partial charge in [0.2, 0.25) is 5.91 Å². The highest BCUT2D eigenvalue weighted by atomic mass is 19.1. The first-order valence-electron chi connectivity index (χ1n) is 6.85. The van der Waals surface area contributed by atoms with Gasteiger partial charge in [0, 0.05) is 12.1 Å². The van der Waals surface area contributed by atoms with Crippen molar-refractivity contribution in [2.45, 2.75) is 51.2 Å². The zero-order valence-electron chi connectivity index (χ0n) is 11.4. The van der Waals surface area contributed by atoms with Crippen LogP contribution in [0.3, 0.4) is 0 Å². The second-order valence-corrected chi connectivity index (χ2v) is 5.40. The summed E-state index contributed by atoms with van der Waals surface area (Å²) in [5, 5.41) is 6.25. The van der Waals surface area contributed by atoms with Crippen LogP contribution in [0, 0.1) is 5.82 Å². The van der Waals surface area contributed by atoms with Gasteiger partial charge in [-0.2, -0.15) is 0 Å². The predicted octanol–water partition coefficient (Wildman–Crippen LogP) is 2.01. The monoisotopic (exact) mass is 264 g/mol. The molecule has 2 N–H and O–H groups in total. The summed E-state index contributed by atoms with van der Waals surface area (Å²) in [4.78, 5) is 11.8. The van der Waals surface area contributed by atoms with Crippen LogP contribution in [0.15, 0.2) is 24.3 Å².